The van der Waals surface area contributed by atoms with Crippen molar-refractivity contribution < 1.29 is 19.0 Å². The highest BCUT2D eigenvalue weighted by Gasteiger charge is 2.19. The summed E-state index contributed by atoms with van der Waals surface area (Å²) in [6.45, 7) is 4.92. The first-order chi connectivity index (χ1) is 13.8. The number of ether oxygens (including phenoxy) is 1. The van der Waals surface area contributed by atoms with E-state index in [4.69, 9.17) is 10.5 Å². The molecule has 154 valence electrons. The average Bonchev–Trinajstić information content (AvgIpc) is 3.14. The fourth-order valence-electron chi connectivity index (χ4n) is 2.82. The van der Waals surface area contributed by atoms with Crippen LogP contribution in [0.5, 0.6) is 5.75 Å². The number of hydrogen-bond donors (Lipinski definition) is 2. The van der Waals surface area contributed by atoms with Gasteiger partial charge in [-0.2, -0.15) is 0 Å². The first kappa shape index (κ1) is 21.0. The monoisotopic (exact) mass is 465 g/mol. The topological polar surface area (TPSA) is 106 Å². The zero-order valence-electron chi connectivity index (χ0n) is 16.0. The number of carboxylic acids is 1. The van der Waals surface area contributed by atoms with E-state index < -0.39 is 11.8 Å². The van der Waals surface area contributed by atoms with E-state index in [2.05, 4.69) is 26.0 Å². The molecular weight excluding hydrogens is 445 g/mol. The van der Waals surface area contributed by atoms with Crippen LogP contribution in [0.3, 0.4) is 0 Å². The van der Waals surface area contributed by atoms with Crippen LogP contribution < -0.4 is 15.4 Å². The lowest BCUT2D eigenvalue weighted by Gasteiger charge is -2.25. The molecule has 29 heavy (non-hydrogen) atoms. The van der Waals surface area contributed by atoms with E-state index in [9.17, 15) is 14.3 Å². The minimum atomic E-state index is -1.12. The first-order valence-corrected chi connectivity index (χ1v) is 9.81. The summed E-state index contributed by atoms with van der Waals surface area (Å²) in [7, 11) is 0. The lowest BCUT2D eigenvalue weighted by Crippen LogP contribution is -2.27. The summed E-state index contributed by atoms with van der Waals surface area (Å²) in [5, 5.41) is 13.7. The van der Waals surface area contributed by atoms with Gasteiger partial charge in [-0.15, -0.1) is 5.10 Å². The number of nitrogens with two attached hydrogens (primary N) is 1. The minimum absolute atomic E-state index is 0.0365. The Hall–Kier alpha value is -2.72. The molecule has 2 aromatic heterocycles. The molecule has 8 nitrogen and oxygen atoms in total. The van der Waals surface area contributed by atoms with Crippen molar-refractivity contribution in [3.8, 4) is 5.75 Å². The van der Waals surface area contributed by atoms with Crippen LogP contribution in [0.15, 0.2) is 34.9 Å². The molecular formula is C19H21BrFN5O3. The van der Waals surface area contributed by atoms with E-state index in [0.29, 0.717) is 40.3 Å². The molecule has 0 radical (unpaired) electrons. The Balaban J connectivity index is 2.00. The van der Waals surface area contributed by atoms with Crippen LogP contribution in [-0.4, -0.2) is 44.9 Å². The van der Waals surface area contributed by atoms with Gasteiger partial charge in [-0.1, -0.05) is 0 Å². The molecule has 0 spiro atoms. The number of carboxylic acid groups (broad SMARTS) is 1. The summed E-state index contributed by atoms with van der Waals surface area (Å²) >= 11 is 3.31. The second-order valence-corrected chi connectivity index (χ2v) is 7.22. The second kappa shape index (κ2) is 8.75. The molecule has 10 heteroatoms. The maximum atomic E-state index is 14.2. The highest BCUT2D eigenvalue weighted by atomic mass is 79.9. The summed E-state index contributed by atoms with van der Waals surface area (Å²) < 4.78 is 21.6. The number of halogens is 2. The molecule has 0 fully saturated rings. The van der Waals surface area contributed by atoms with Crippen LogP contribution in [0.2, 0.25) is 0 Å². The highest BCUT2D eigenvalue weighted by Crippen LogP contribution is 2.32. The van der Waals surface area contributed by atoms with Crippen LogP contribution >= 0.6 is 15.9 Å². The van der Waals surface area contributed by atoms with Crippen LogP contribution in [0, 0.1) is 5.82 Å². The van der Waals surface area contributed by atoms with E-state index in [-0.39, 0.29) is 18.3 Å². The molecule has 2 heterocycles. The smallest absolute Gasteiger partial charge is 0.356 e. The van der Waals surface area contributed by atoms with Gasteiger partial charge in [-0.3, -0.25) is 0 Å². The molecule has 3 N–H and O–H groups in total. The van der Waals surface area contributed by atoms with Gasteiger partial charge in [0, 0.05) is 25.2 Å². The van der Waals surface area contributed by atoms with E-state index >= 15 is 0 Å². The molecule has 1 aromatic carbocycles. The van der Waals surface area contributed by atoms with Gasteiger partial charge in [-0.25, -0.2) is 18.7 Å². The van der Waals surface area contributed by atoms with Gasteiger partial charge in [0.05, 0.1) is 10.7 Å². The van der Waals surface area contributed by atoms with Crippen molar-refractivity contribution in [1.29, 1.82) is 0 Å². The molecule has 3 rings (SSSR count). The molecule has 0 saturated carbocycles. The van der Waals surface area contributed by atoms with Crippen LogP contribution in [0.4, 0.5) is 10.2 Å². The number of nitrogens with zero attached hydrogens (tertiary/aromatic N) is 4. The summed E-state index contributed by atoms with van der Waals surface area (Å²) in [5.74, 6) is -0.487. The summed E-state index contributed by atoms with van der Waals surface area (Å²) in [5.41, 5.74) is 6.65. The molecule has 0 saturated heterocycles. The third kappa shape index (κ3) is 4.33. The van der Waals surface area contributed by atoms with Crippen LogP contribution in [0.25, 0.3) is 5.65 Å². The third-order valence-electron chi connectivity index (χ3n) is 4.44. The molecule has 0 bridgehead atoms. The van der Waals surface area contributed by atoms with E-state index in [1.54, 1.807) is 18.2 Å². The zero-order chi connectivity index (χ0) is 21.1. The van der Waals surface area contributed by atoms with Crippen molar-refractivity contribution in [2.24, 2.45) is 5.73 Å². The number of anilines is 1. The Morgan fingerprint density at radius 1 is 1.41 bits per heavy atom. The van der Waals surface area contributed by atoms with Crippen molar-refractivity contribution in [2.45, 2.75) is 26.5 Å². The highest BCUT2D eigenvalue weighted by molar-refractivity contribution is 9.10. The van der Waals surface area contributed by atoms with Crippen molar-refractivity contribution >= 4 is 33.4 Å². The number of aromatic carboxylic acids is 1. The molecule has 0 aliphatic carbocycles. The number of hydrogen-bond acceptors (Lipinski definition) is 6. The number of rotatable bonds is 8. The van der Waals surface area contributed by atoms with Gasteiger partial charge in [0.2, 0.25) is 0 Å². The molecule has 0 aliphatic rings. The number of benzene rings is 1. The van der Waals surface area contributed by atoms with Gasteiger partial charge >= 0.3 is 5.97 Å². The maximum absolute atomic E-state index is 14.2. The largest absolute Gasteiger partial charge is 0.489 e. The number of imidazole rings is 1. The Labute approximate surface area is 175 Å². The number of fused-ring (bicyclic) bond motifs is 1. The summed E-state index contributed by atoms with van der Waals surface area (Å²) in [6.07, 6.45) is 1.02. The predicted molar refractivity (Wildman–Crippen MR) is 110 cm³/mol. The predicted octanol–water partition coefficient (Wildman–Crippen LogP) is 3.08. The fraction of sp³-hybridized carbons (Fsp3) is 0.316. The zero-order valence-corrected chi connectivity index (χ0v) is 17.6. The normalized spacial score (nSPS) is 12.2. The standard InChI is InChI=1S/C19H21BrFN5O3/c1-3-25(17-7-6-16-23-9-14(19(27)28)26(16)24-17)10-12-15(29-11(2)8-22)5-4-13(21)18(12)20/h4-7,9,11H,3,8,10,22H2,1-2H3,(H,27,28). The molecule has 1 unspecified atom stereocenters. The SMILES string of the molecule is CCN(Cc1c(OC(C)CN)ccc(F)c1Br)c1ccc2ncc(C(=O)O)n2n1. The van der Waals surface area contributed by atoms with E-state index in [0.717, 1.165) is 0 Å². The van der Waals surface area contributed by atoms with Gasteiger partial charge in [0.25, 0.3) is 0 Å². The molecule has 0 aliphatic heterocycles. The number of carbonyl (C=O) groups is 1. The van der Waals surface area contributed by atoms with Crippen LogP contribution in [-0.2, 0) is 6.54 Å². The van der Waals surface area contributed by atoms with Crippen molar-refractivity contribution in [3.05, 3.63) is 52.0 Å². The summed E-state index contributed by atoms with van der Waals surface area (Å²) in [6, 6.07) is 6.33. The average molecular weight is 466 g/mol. The van der Waals surface area contributed by atoms with Gasteiger partial charge < -0.3 is 20.5 Å². The first-order valence-electron chi connectivity index (χ1n) is 9.02. The van der Waals surface area contributed by atoms with Crippen molar-refractivity contribution in [1.82, 2.24) is 14.6 Å². The van der Waals surface area contributed by atoms with Gasteiger partial charge in [0.15, 0.2) is 11.3 Å². The van der Waals surface area contributed by atoms with E-state index in [1.165, 1.54) is 16.8 Å². The van der Waals surface area contributed by atoms with E-state index in [1.807, 2.05) is 18.7 Å². The van der Waals surface area contributed by atoms with Crippen molar-refractivity contribution in [2.75, 3.05) is 18.0 Å². The summed E-state index contributed by atoms with van der Waals surface area (Å²) in [4.78, 5) is 17.3. The quantitative estimate of drug-likeness (QED) is 0.526. The lowest BCUT2D eigenvalue weighted by molar-refractivity contribution is 0.0688. The molecule has 3 aromatic rings. The van der Waals surface area contributed by atoms with Crippen LogP contribution in [0.1, 0.15) is 29.9 Å². The second-order valence-electron chi connectivity index (χ2n) is 6.43. The van der Waals surface area contributed by atoms with Crippen molar-refractivity contribution in [3.63, 3.8) is 0 Å². The van der Waals surface area contributed by atoms with Gasteiger partial charge in [0.1, 0.15) is 23.5 Å². The lowest BCUT2D eigenvalue weighted by atomic mass is 10.1. The minimum Gasteiger partial charge on any atom is -0.489 e. The number of aromatic nitrogens is 3. The Bertz CT molecular complexity index is 1040. The Morgan fingerprint density at radius 2 is 2.17 bits per heavy atom. The van der Waals surface area contributed by atoms with Gasteiger partial charge in [-0.05, 0) is 54.0 Å². The molecule has 0 amide bonds. The maximum Gasteiger partial charge on any atom is 0.356 e. The fourth-order valence-corrected chi connectivity index (χ4v) is 3.27. The Morgan fingerprint density at radius 3 is 2.83 bits per heavy atom. The molecule has 1 atom stereocenters. The Kier molecular flexibility index (Phi) is 6.33. The third-order valence-corrected chi connectivity index (χ3v) is 5.29.